The Morgan fingerprint density at radius 2 is 1.76 bits per heavy atom. The van der Waals surface area contributed by atoms with Crippen molar-refractivity contribution in [3.8, 4) is 28.6 Å². The standard InChI is InChI=1S/C29H31N5O3/c1-20-6-7-21(2)25(15-20)34-26(17-23(30-34)24-5-4-10-31(24)3)29(35)33-13-11-32(12-14-33)18-22-8-9-27-28(16-22)37-19-36-27/h4-10,15-17H,11-14,18-19H2,1-3H3. The zero-order valence-electron chi connectivity index (χ0n) is 21.5. The molecule has 0 bridgehead atoms. The first kappa shape index (κ1) is 23.4. The monoisotopic (exact) mass is 497 g/mol. The molecule has 1 fully saturated rings. The average molecular weight is 498 g/mol. The first-order valence-corrected chi connectivity index (χ1v) is 12.7. The molecule has 2 aliphatic heterocycles. The highest BCUT2D eigenvalue weighted by molar-refractivity contribution is 5.94. The number of ether oxygens (including phenoxy) is 2. The number of carbonyl (C=O) groups is 1. The highest BCUT2D eigenvalue weighted by atomic mass is 16.7. The molecule has 0 radical (unpaired) electrons. The minimum atomic E-state index is 0.0107. The Labute approximate surface area is 216 Å². The fraction of sp³-hybridized carbons (Fsp3) is 0.310. The summed E-state index contributed by atoms with van der Waals surface area (Å²) in [6.07, 6.45) is 1.99. The van der Waals surface area contributed by atoms with Crippen molar-refractivity contribution in [3.05, 3.63) is 83.2 Å². The lowest BCUT2D eigenvalue weighted by Crippen LogP contribution is -2.48. The Bertz CT molecular complexity index is 1460. The molecule has 0 saturated carbocycles. The van der Waals surface area contributed by atoms with Crippen LogP contribution in [0.2, 0.25) is 0 Å². The van der Waals surface area contributed by atoms with Crippen molar-refractivity contribution in [1.82, 2.24) is 24.1 Å². The van der Waals surface area contributed by atoms with E-state index in [2.05, 4.69) is 43.0 Å². The number of carbonyl (C=O) groups excluding carboxylic acids is 1. The Kier molecular flexibility index (Phi) is 5.96. The molecule has 0 aliphatic carbocycles. The van der Waals surface area contributed by atoms with Crippen LogP contribution in [-0.4, -0.2) is 63.0 Å². The number of fused-ring (bicyclic) bond motifs is 1. The van der Waals surface area contributed by atoms with Gasteiger partial charge in [0.2, 0.25) is 6.79 Å². The molecule has 190 valence electrons. The molecule has 1 saturated heterocycles. The normalized spacial score (nSPS) is 15.4. The van der Waals surface area contributed by atoms with Crippen LogP contribution in [0, 0.1) is 13.8 Å². The molecule has 8 nitrogen and oxygen atoms in total. The molecule has 4 heterocycles. The third kappa shape index (κ3) is 4.49. The summed E-state index contributed by atoms with van der Waals surface area (Å²) in [5, 5.41) is 4.92. The number of aromatic nitrogens is 3. The van der Waals surface area contributed by atoms with E-state index in [9.17, 15) is 4.79 Å². The van der Waals surface area contributed by atoms with Gasteiger partial charge in [0.1, 0.15) is 11.4 Å². The topological polar surface area (TPSA) is 64.8 Å². The minimum absolute atomic E-state index is 0.0107. The summed E-state index contributed by atoms with van der Waals surface area (Å²) in [5.41, 5.74) is 6.69. The number of piperazine rings is 1. The van der Waals surface area contributed by atoms with E-state index in [1.165, 1.54) is 5.56 Å². The summed E-state index contributed by atoms with van der Waals surface area (Å²) in [6, 6.07) is 18.3. The molecule has 37 heavy (non-hydrogen) atoms. The zero-order valence-corrected chi connectivity index (χ0v) is 21.5. The number of aryl methyl sites for hydroxylation is 3. The van der Waals surface area contributed by atoms with Gasteiger partial charge in [0, 0.05) is 46.0 Å². The van der Waals surface area contributed by atoms with E-state index in [1.54, 1.807) is 0 Å². The molecule has 0 atom stereocenters. The van der Waals surface area contributed by atoms with Crippen LogP contribution in [0.4, 0.5) is 0 Å². The van der Waals surface area contributed by atoms with Crippen molar-refractivity contribution in [2.24, 2.45) is 7.05 Å². The van der Waals surface area contributed by atoms with Crippen LogP contribution in [0.15, 0.2) is 60.8 Å². The van der Waals surface area contributed by atoms with Crippen molar-refractivity contribution in [2.75, 3.05) is 33.0 Å². The van der Waals surface area contributed by atoms with Crippen LogP contribution in [0.3, 0.4) is 0 Å². The van der Waals surface area contributed by atoms with Crippen molar-refractivity contribution in [3.63, 3.8) is 0 Å². The largest absolute Gasteiger partial charge is 0.454 e. The number of benzene rings is 2. The molecule has 2 aromatic carbocycles. The van der Waals surface area contributed by atoms with Crippen LogP contribution >= 0.6 is 0 Å². The molecule has 0 N–H and O–H groups in total. The predicted molar refractivity (Wildman–Crippen MR) is 141 cm³/mol. The van der Waals surface area contributed by atoms with E-state index in [4.69, 9.17) is 14.6 Å². The van der Waals surface area contributed by atoms with Crippen LogP contribution < -0.4 is 9.47 Å². The van der Waals surface area contributed by atoms with Gasteiger partial charge in [-0.3, -0.25) is 9.69 Å². The first-order valence-electron chi connectivity index (χ1n) is 12.7. The van der Waals surface area contributed by atoms with Gasteiger partial charge in [-0.2, -0.15) is 5.10 Å². The summed E-state index contributed by atoms with van der Waals surface area (Å²) < 4.78 is 14.8. The number of nitrogens with zero attached hydrogens (tertiary/aromatic N) is 5. The summed E-state index contributed by atoms with van der Waals surface area (Å²) in [7, 11) is 1.99. The maximum atomic E-state index is 13.9. The van der Waals surface area contributed by atoms with Gasteiger partial charge < -0.3 is 18.9 Å². The van der Waals surface area contributed by atoms with Crippen molar-refractivity contribution in [2.45, 2.75) is 20.4 Å². The zero-order chi connectivity index (χ0) is 25.5. The van der Waals surface area contributed by atoms with Gasteiger partial charge in [0.05, 0.1) is 11.4 Å². The van der Waals surface area contributed by atoms with Gasteiger partial charge in [0.25, 0.3) is 5.91 Å². The Balaban J connectivity index is 1.23. The van der Waals surface area contributed by atoms with Crippen LogP contribution in [-0.2, 0) is 13.6 Å². The Morgan fingerprint density at radius 3 is 2.54 bits per heavy atom. The lowest BCUT2D eigenvalue weighted by atomic mass is 10.1. The van der Waals surface area contributed by atoms with Crippen LogP contribution in [0.5, 0.6) is 11.5 Å². The van der Waals surface area contributed by atoms with E-state index < -0.39 is 0 Å². The SMILES string of the molecule is Cc1ccc(C)c(-n2nc(-c3cccn3C)cc2C(=O)N2CCN(Cc3ccc4c(c3)OCO4)CC2)c1. The van der Waals surface area contributed by atoms with Crippen molar-refractivity contribution >= 4 is 5.91 Å². The van der Waals surface area contributed by atoms with E-state index in [0.717, 1.165) is 59.3 Å². The Morgan fingerprint density at radius 1 is 0.946 bits per heavy atom. The molecule has 4 aromatic rings. The van der Waals surface area contributed by atoms with Crippen molar-refractivity contribution < 1.29 is 14.3 Å². The predicted octanol–water partition coefficient (Wildman–Crippen LogP) is 4.18. The molecule has 1 amide bonds. The summed E-state index contributed by atoms with van der Waals surface area (Å²) in [5.74, 6) is 1.62. The fourth-order valence-electron chi connectivity index (χ4n) is 5.09. The van der Waals surface area contributed by atoms with E-state index in [1.807, 2.05) is 57.7 Å². The quantitative estimate of drug-likeness (QED) is 0.414. The van der Waals surface area contributed by atoms with Gasteiger partial charge in [-0.1, -0.05) is 18.2 Å². The van der Waals surface area contributed by atoms with Gasteiger partial charge in [-0.05, 0) is 66.9 Å². The lowest BCUT2D eigenvalue weighted by Gasteiger charge is -2.34. The van der Waals surface area contributed by atoms with Gasteiger partial charge >= 0.3 is 0 Å². The average Bonchev–Trinajstić information content (AvgIpc) is 3.65. The molecular weight excluding hydrogens is 466 g/mol. The molecule has 8 heteroatoms. The summed E-state index contributed by atoms with van der Waals surface area (Å²) in [4.78, 5) is 18.2. The smallest absolute Gasteiger partial charge is 0.272 e. The van der Waals surface area contributed by atoms with E-state index in [0.29, 0.717) is 18.8 Å². The third-order valence-corrected chi connectivity index (χ3v) is 7.23. The van der Waals surface area contributed by atoms with Gasteiger partial charge in [0.15, 0.2) is 11.5 Å². The highest BCUT2D eigenvalue weighted by Gasteiger charge is 2.27. The number of amides is 1. The molecule has 2 aliphatic rings. The van der Waals surface area contributed by atoms with Crippen molar-refractivity contribution in [1.29, 1.82) is 0 Å². The molecule has 0 spiro atoms. The third-order valence-electron chi connectivity index (χ3n) is 7.23. The number of hydrogen-bond donors (Lipinski definition) is 0. The van der Waals surface area contributed by atoms with Crippen LogP contribution in [0.1, 0.15) is 27.2 Å². The highest BCUT2D eigenvalue weighted by Crippen LogP contribution is 2.33. The van der Waals surface area contributed by atoms with Crippen LogP contribution in [0.25, 0.3) is 17.1 Å². The Hall–Kier alpha value is -4.04. The molecule has 2 aromatic heterocycles. The molecule has 6 rings (SSSR count). The molecule has 0 unspecified atom stereocenters. The van der Waals surface area contributed by atoms with Gasteiger partial charge in [-0.15, -0.1) is 0 Å². The second-order valence-corrected chi connectivity index (χ2v) is 9.88. The maximum Gasteiger partial charge on any atom is 0.272 e. The minimum Gasteiger partial charge on any atom is -0.454 e. The van der Waals surface area contributed by atoms with E-state index >= 15 is 0 Å². The lowest BCUT2D eigenvalue weighted by molar-refractivity contribution is 0.0619. The fourth-order valence-corrected chi connectivity index (χ4v) is 5.09. The van der Waals surface area contributed by atoms with E-state index in [-0.39, 0.29) is 12.7 Å². The second-order valence-electron chi connectivity index (χ2n) is 9.88. The summed E-state index contributed by atoms with van der Waals surface area (Å²) in [6.45, 7) is 8.17. The van der Waals surface area contributed by atoms with Gasteiger partial charge in [-0.25, -0.2) is 4.68 Å². The first-order chi connectivity index (χ1) is 18.0. The number of hydrogen-bond acceptors (Lipinski definition) is 5. The number of rotatable bonds is 5. The second kappa shape index (κ2) is 9.44. The maximum absolute atomic E-state index is 13.9. The summed E-state index contributed by atoms with van der Waals surface area (Å²) >= 11 is 0. The molecular formula is C29H31N5O3.